The van der Waals surface area contributed by atoms with Crippen molar-refractivity contribution in [2.24, 2.45) is 51.2 Å². The Morgan fingerprint density at radius 2 is 1.77 bits per heavy atom. The summed E-state index contributed by atoms with van der Waals surface area (Å²) >= 11 is 0. The summed E-state index contributed by atoms with van der Waals surface area (Å²) in [5.41, 5.74) is 4.15. The first-order chi connectivity index (χ1) is 19.0. The molecule has 5 fully saturated rings. The predicted molar refractivity (Wildman–Crippen MR) is 159 cm³/mol. The molecule has 6 aliphatic rings. The van der Waals surface area contributed by atoms with E-state index < -0.39 is 0 Å². The van der Waals surface area contributed by atoms with Crippen molar-refractivity contribution in [2.75, 3.05) is 13.2 Å². The maximum absolute atomic E-state index is 6.67. The fraction of sp³-hybridized carbons (Fsp3) is 0.861. The highest BCUT2D eigenvalue weighted by Gasteiger charge is 2.71. The molecule has 1 saturated heterocycles. The van der Waals surface area contributed by atoms with Crippen LogP contribution < -0.4 is 0 Å². The van der Waals surface area contributed by atoms with Crippen molar-refractivity contribution in [3.05, 3.63) is 29.7 Å². The van der Waals surface area contributed by atoms with Gasteiger partial charge in [0.1, 0.15) is 5.76 Å². The lowest BCUT2D eigenvalue weighted by atomic mass is 9.32. The molecule has 222 valence electrons. The zero-order chi connectivity index (χ0) is 28.1. The van der Waals surface area contributed by atoms with E-state index in [1.165, 1.54) is 75.3 Å². The van der Waals surface area contributed by atoms with Crippen molar-refractivity contribution in [3.63, 3.8) is 0 Å². The summed E-state index contributed by atoms with van der Waals surface area (Å²) in [4.78, 5) is 0. The molecule has 0 radical (unpaired) electrons. The molecule has 4 saturated carbocycles. The third-order valence-electron chi connectivity index (χ3n) is 14.9. The summed E-state index contributed by atoms with van der Waals surface area (Å²) in [6, 6.07) is 0. The minimum atomic E-state index is 0.0152. The number of nitrogens with zero attached hydrogens (tertiary/aromatic N) is 1. The molecule has 0 N–H and O–H groups in total. The van der Waals surface area contributed by atoms with Gasteiger partial charge in [-0.05, 0) is 135 Å². The number of fused-ring (bicyclic) bond motifs is 8. The predicted octanol–water partition coefficient (Wildman–Crippen LogP) is 8.89. The van der Waals surface area contributed by atoms with Crippen LogP contribution in [0.4, 0.5) is 0 Å². The van der Waals surface area contributed by atoms with E-state index in [1.54, 1.807) is 0 Å². The minimum absolute atomic E-state index is 0.0152. The highest BCUT2D eigenvalue weighted by Crippen LogP contribution is 2.77. The molecule has 4 nitrogen and oxygen atoms in total. The Morgan fingerprint density at radius 3 is 2.52 bits per heavy atom. The first kappa shape index (κ1) is 27.7. The van der Waals surface area contributed by atoms with Crippen LogP contribution in [-0.4, -0.2) is 24.7 Å². The van der Waals surface area contributed by atoms with Crippen LogP contribution in [0, 0.1) is 51.2 Å². The zero-order valence-electron chi connectivity index (χ0n) is 26.3. The number of rotatable bonds is 4. The lowest BCUT2D eigenvalue weighted by Gasteiger charge is -2.72. The van der Waals surface area contributed by atoms with Gasteiger partial charge in [0.05, 0.1) is 12.8 Å². The van der Waals surface area contributed by atoms with E-state index >= 15 is 0 Å². The van der Waals surface area contributed by atoms with Crippen LogP contribution in [0.1, 0.15) is 123 Å². The van der Waals surface area contributed by atoms with Gasteiger partial charge in [-0.15, -0.1) is 0 Å². The largest absolute Gasteiger partial charge is 0.361 e. The van der Waals surface area contributed by atoms with Gasteiger partial charge in [0.25, 0.3) is 0 Å². The summed E-state index contributed by atoms with van der Waals surface area (Å²) in [5, 5.41) is 4.30. The summed E-state index contributed by atoms with van der Waals surface area (Å²) in [6.07, 6.45) is 17.3. The Bertz CT molecular complexity index is 1150. The Balaban J connectivity index is 1.23. The lowest BCUT2D eigenvalue weighted by molar-refractivity contribution is -0.241. The van der Waals surface area contributed by atoms with Gasteiger partial charge in [0, 0.05) is 17.6 Å². The fourth-order valence-corrected chi connectivity index (χ4v) is 12.9. The van der Waals surface area contributed by atoms with Gasteiger partial charge >= 0.3 is 0 Å². The Labute approximate surface area is 243 Å². The van der Waals surface area contributed by atoms with Gasteiger partial charge in [-0.2, -0.15) is 0 Å². The number of hydrogen-bond acceptors (Lipinski definition) is 4. The molecule has 1 aromatic heterocycles. The maximum Gasteiger partial charge on any atom is 0.157 e. The Hall–Kier alpha value is -1.13. The molecule has 1 unspecified atom stereocenters. The third-order valence-corrected chi connectivity index (χ3v) is 14.9. The highest BCUT2D eigenvalue weighted by molar-refractivity contribution is 5.32. The number of ether oxygens (including phenoxy) is 2. The number of aromatic nitrogens is 1. The SMILES string of the molecule is C=C(C)[C@@H]1CC[C@]2(COC3CCCCO3)CC[C@]3(C)[C@H](CC[C@@H]4[C@@]5(C)Cc6cnoc6C(C)(C)[C@@H]5CC[C@]43C)[C@@H]12. The molecule has 1 aliphatic heterocycles. The third kappa shape index (κ3) is 3.60. The highest BCUT2D eigenvalue weighted by atomic mass is 16.7. The van der Waals surface area contributed by atoms with Crippen LogP contribution in [0.15, 0.2) is 22.9 Å². The quantitative estimate of drug-likeness (QED) is 0.352. The zero-order valence-corrected chi connectivity index (χ0v) is 26.3. The van der Waals surface area contributed by atoms with Gasteiger partial charge in [-0.3, -0.25) is 0 Å². The monoisotopic (exact) mass is 549 g/mol. The second-order valence-corrected chi connectivity index (χ2v) is 16.7. The first-order valence-electron chi connectivity index (χ1n) is 16.8. The van der Waals surface area contributed by atoms with Gasteiger partial charge in [-0.25, -0.2) is 0 Å². The number of hydrogen-bond donors (Lipinski definition) is 0. The van der Waals surface area contributed by atoms with E-state index in [0.29, 0.717) is 39.4 Å². The summed E-state index contributed by atoms with van der Waals surface area (Å²) in [5.74, 6) is 4.65. The van der Waals surface area contributed by atoms with E-state index in [-0.39, 0.29) is 11.7 Å². The van der Waals surface area contributed by atoms with Crippen molar-refractivity contribution in [1.29, 1.82) is 0 Å². The maximum atomic E-state index is 6.67. The summed E-state index contributed by atoms with van der Waals surface area (Å²) in [6.45, 7) is 21.7. The van der Waals surface area contributed by atoms with Crippen molar-refractivity contribution in [2.45, 2.75) is 130 Å². The van der Waals surface area contributed by atoms with Gasteiger partial charge < -0.3 is 14.0 Å². The van der Waals surface area contributed by atoms with Crippen LogP contribution in [0.25, 0.3) is 0 Å². The van der Waals surface area contributed by atoms with Crippen LogP contribution in [0.3, 0.4) is 0 Å². The van der Waals surface area contributed by atoms with E-state index in [1.807, 2.05) is 6.20 Å². The van der Waals surface area contributed by atoms with Crippen molar-refractivity contribution < 1.29 is 14.0 Å². The van der Waals surface area contributed by atoms with E-state index in [9.17, 15) is 0 Å². The normalized spacial score (nSPS) is 49.2. The van der Waals surface area contributed by atoms with Crippen LogP contribution >= 0.6 is 0 Å². The molecule has 2 heterocycles. The minimum Gasteiger partial charge on any atom is -0.361 e. The topological polar surface area (TPSA) is 44.5 Å². The molecule has 7 rings (SSSR count). The van der Waals surface area contributed by atoms with E-state index in [0.717, 1.165) is 43.7 Å². The van der Waals surface area contributed by atoms with Crippen LogP contribution in [0.2, 0.25) is 0 Å². The summed E-state index contributed by atoms with van der Waals surface area (Å²) < 4.78 is 18.6. The van der Waals surface area contributed by atoms with Crippen LogP contribution in [-0.2, 0) is 21.3 Å². The average Bonchev–Trinajstić information content (AvgIpc) is 3.54. The molecule has 10 atom stereocenters. The van der Waals surface area contributed by atoms with Crippen molar-refractivity contribution in [1.82, 2.24) is 5.16 Å². The molecule has 4 heteroatoms. The molecule has 0 aromatic carbocycles. The molecule has 40 heavy (non-hydrogen) atoms. The standard InChI is InChI=1S/C36H55NO3/c1-23(2)25-13-16-36(22-39-29-10-8-9-19-38-29)18-17-34(6)26(30(25)36)11-12-28-33(5)20-24-21-37-40-31(24)32(3,4)27(33)14-15-35(28,34)7/h21,25-30H,1,8-20,22H2,2-7H3/t25-,26+,27-,28+,29?,30+,33-,34+,35+,36+/m0/s1. The Morgan fingerprint density at radius 1 is 0.950 bits per heavy atom. The molecular formula is C36H55NO3. The molecule has 0 spiro atoms. The molecular weight excluding hydrogens is 494 g/mol. The fourth-order valence-electron chi connectivity index (χ4n) is 12.9. The van der Waals surface area contributed by atoms with Crippen molar-refractivity contribution >= 4 is 0 Å². The Kier molecular flexibility index (Phi) is 6.36. The molecule has 0 amide bonds. The molecule has 5 aliphatic carbocycles. The first-order valence-corrected chi connectivity index (χ1v) is 16.8. The van der Waals surface area contributed by atoms with Gasteiger partial charge in [0.2, 0.25) is 0 Å². The average molecular weight is 550 g/mol. The summed E-state index contributed by atoms with van der Waals surface area (Å²) in [7, 11) is 0. The lowest BCUT2D eigenvalue weighted by Crippen LogP contribution is -2.66. The number of allylic oxidation sites excluding steroid dienone is 1. The second-order valence-electron chi connectivity index (χ2n) is 16.7. The van der Waals surface area contributed by atoms with Crippen molar-refractivity contribution in [3.8, 4) is 0 Å². The molecule has 1 aromatic rings. The smallest absolute Gasteiger partial charge is 0.157 e. The van der Waals surface area contributed by atoms with Gasteiger partial charge in [0.15, 0.2) is 6.29 Å². The van der Waals surface area contributed by atoms with Gasteiger partial charge in [-0.1, -0.05) is 51.9 Å². The molecule has 0 bridgehead atoms. The van der Waals surface area contributed by atoms with E-state index in [4.69, 9.17) is 14.0 Å². The van der Waals surface area contributed by atoms with Crippen LogP contribution in [0.5, 0.6) is 0 Å². The van der Waals surface area contributed by atoms with E-state index in [2.05, 4.69) is 53.3 Å². The second kappa shape index (κ2) is 9.18.